The normalized spacial score (nSPS) is 10.9. The van der Waals surface area contributed by atoms with Crippen molar-refractivity contribution in [1.82, 2.24) is 15.4 Å². The van der Waals surface area contributed by atoms with Crippen molar-refractivity contribution in [3.8, 4) is 39.8 Å². The summed E-state index contributed by atoms with van der Waals surface area (Å²) in [7, 11) is 4.88. The van der Waals surface area contributed by atoms with E-state index in [0.29, 0.717) is 5.16 Å². The number of benzene rings is 3. The van der Waals surface area contributed by atoms with Crippen LogP contribution in [0.4, 0.5) is 0 Å². The second kappa shape index (κ2) is 11.9. The highest BCUT2D eigenvalue weighted by molar-refractivity contribution is 7.99. The van der Waals surface area contributed by atoms with Crippen LogP contribution in [0.2, 0.25) is 0 Å². The first-order valence-corrected chi connectivity index (χ1v) is 12.1. The summed E-state index contributed by atoms with van der Waals surface area (Å²) < 4.78 is 15.7. The molecule has 9 heteroatoms. The Morgan fingerprint density at radius 3 is 1.94 bits per heavy atom. The third-order valence-electron chi connectivity index (χ3n) is 5.28. The minimum Gasteiger partial charge on any atom is -0.497 e. The van der Waals surface area contributed by atoms with Crippen molar-refractivity contribution in [1.29, 1.82) is 0 Å². The second-order valence-corrected chi connectivity index (χ2v) is 8.54. The van der Waals surface area contributed by atoms with E-state index in [1.165, 1.54) is 11.8 Å². The molecule has 0 saturated carbocycles. The molecule has 3 aromatic carbocycles. The number of thioether (sulfide) groups is 1. The van der Waals surface area contributed by atoms with Crippen molar-refractivity contribution in [2.45, 2.75) is 5.16 Å². The number of aromatic amines is 1. The van der Waals surface area contributed by atoms with Crippen molar-refractivity contribution in [3.63, 3.8) is 0 Å². The van der Waals surface area contributed by atoms with E-state index in [1.807, 2.05) is 72.8 Å². The fourth-order valence-corrected chi connectivity index (χ4v) is 4.04. The molecule has 0 aliphatic rings. The summed E-state index contributed by atoms with van der Waals surface area (Å²) in [4.78, 5) is 20.5. The average molecular weight is 503 g/mol. The lowest BCUT2D eigenvalue weighted by Crippen LogP contribution is -2.19. The van der Waals surface area contributed by atoms with Gasteiger partial charge in [0.25, 0.3) is 5.91 Å². The monoisotopic (exact) mass is 502 g/mol. The maximum absolute atomic E-state index is 12.3. The fraction of sp³-hybridized carbons (Fsp3) is 0.148. The predicted octanol–water partition coefficient (Wildman–Crippen LogP) is 5.01. The number of methoxy groups -OCH3 is 3. The molecular formula is C27H26N4O4S. The SMILES string of the molecule is COc1ccc(/C=N/NC(=O)CSc2nc(-c3ccc(OC)cc3)c(-c3ccc(OC)cc3)[nH]2)cc1. The Morgan fingerprint density at radius 2 is 1.39 bits per heavy atom. The van der Waals surface area contributed by atoms with Crippen LogP contribution in [0.3, 0.4) is 0 Å². The molecule has 8 nitrogen and oxygen atoms in total. The molecule has 0 bridgehead atoms. The first kappa shape index (κ1) is 24.9. The third-order valence-corrected chi connectivity index (χ3v) is 6.16. The Hall–Kier alpha value is -4.24. The number of amides is 1. The Kier molecular flexibility index (Phi) is 8.25. The highest BCUT2D eigenvalue weighted by atomic mass is 32.2. The maximum Gasteiger partial charge on any atom is 0.250 e. The zero-order valence-electron chi connectivity index (χ0n) is 20.1. The molecule has 0 spiro atoms. The van der Waals surface area contributed by atoms with Crippen LogP contribution in [-0.4, -0.2) is 49.2 Å². The van der Waals surface area contributed by atoms with Gasteiger partial charge in [-0.2, -0.15) is 5.10 Å². The Morgan fingerprint density at radius 1 is 0.861 bits per heavy atom. The van der Waals surface area contributed by atoms with Gasteiger partial charge in [0.2, 0.25) is 0 Å². The quantitative estimate of drug-likeness (QED) is 0.180. The van der Waals surface area contributed by atoms with Gasteiger partial charge in [-0.05, 0) is 78.4 Å². The summed E-state index contributed by atoms with van der Waals surface area (Å²) in [5.41, 5.74) is 6.91. The molecule has 0 atom stereocenters. The van der Waals surface area contributed by atoms with E-state index in [1.54, 1.807) is 27.5 Å². The van der Waals surface area contributed by atoms with Gasteiger partial charge in [-0.3, -0.25) is 4.79 Å². The number of H-pyrrole nitrogens is 1. The lowest BCUT2D eigenvalue weighted by molar-refractivity contribution is -0.118. The van der Waals surface area contributed by atoms with Crippen LogP contribution in [0.25, 0.3) is 22.5 Å². The van der Waals surface area contributed by atoms with Gasteiger partial charge >= 0.3 is 0 Å². The molecule has 4 aromatic rings. The number of hydrogen-bond donors (Lipinski definition) is 2. The van der Waals surface area contributed by atoms with E-state index in [4.69, 9.17) is 19.2 Å². The summed E-state index contributed by atoms with van der Waals surface area (Å²) in [5.74, 6) is 2.21. The Labute approximate surface area is 213 Å². The third kappa shape index (κ3) is 6.25. The standard InChI is InChI=1S/C27H26N4O4S/c1-33-21-10-4-18(5-11-21)16-28-31-24(32)17-36-27-29-25(19-6-12-22(34-2)13-7-19)26(30-27)20-8-14-23(35-3)15-9-20/h4-16H,17H2,1-3H3,(H,29,30)(H,31,32)/b28-16+. The van der Waals surface area contributed by atoms with E-state index in [2.05, 4.69) is 15.5 Å². The number of carbonyl (C=O) groups is 1. The van der Waals surface area contributed by atoms with Gasteiger partial charge in [-0.25, -0.2) is 10.4 Å². The van der Waals surface area contributed by atoms with Crippen LogP contribution < -0.4 is 19.6 Å². The van der Waals surface area contributed by atoms with E-state index < -0.39 is 0 Å². The molecule has 0 saturated heterocycles. The number of aromatic nitrogens is 2. The lowest BCUT2D eigenvalue weighted by Gasteiger charge is -2.06. The van der Waals surface area contributed by atoms with Crippen molar-refractivity contribution in [3.05, 3.63) is 78.4 Å². The molecule has 1 heterocycles. The van der Waals surface area contributed by atoms with Gasteiger partial charge in [-0.15, -0.1) is 0 Å². The van der Waals surface area contributed by atoms with Crippen LogP contribution in [-0.2, 0) is 4.79 Å². The zero-order valence-corrected chi connectivity index (χ0v) is 21.0. The minimum absolute atomic E-state index is 0.150. The summed E-state index contributed by atoms with van der Waals surface area (Å²) in [6.07, 6.45) is 1.58. The number of imidazole rings is 1. The second-order valence-electron chi connectivity index (χ2n) is 7.58. The smallest absolute Gasteiger partial charge is 0.250 e. The molecular weight excluding hydrogens is 476 g/mol. The van der Waals surface area contributed by atoms with Crippen molar-refractivity contribution in [2.75, 3.05) is 27.1 Å². The molecule has 0 fully saturated rings. The maximum atomic E-state index is 12.3. The number of carbonyl (C=O) groups excluding carboxylic acids is 1. The summed E-state index contributed by atoms with van der Waals surface area (Å²) in [6.45, 7) is 0. The minimum atomic E-state index is -0.238. The molecule has 0 aliphatic heterocycles. The summed E-state index contributed by atoms with van der Waals surface area (Å²) in [5, 5.41) is 4.65. The number of hydrazone groups is 1. The number of hydrogen-bond acceptors (Lipinski definition) is 7. The number of nitrogens with zero attached hydrogens (tertiary/aromatic N) is 2. The topological polar surface area (TPSA) is 97.8 Å². The fourth-order valence-electron chi connectivity index (χ4n) is 3.38. The molecule has 184 valence electrons. The van der Waals surface area contributed by atoms with Crippen LogP contribution in [0.1, 0.15) is 5.56 Å². The number of nitrogens with one attached hydrogen (secondary N) is 2. The van der Waals surface area contributed by atoms with Crippen molar-refractivity contribution in [2.24, 2.45) is 5.10 Å². The van der Waals surface area contributed by atoms with Gasteiger partial charge < -0.3 is 19.2 Å². The molecule has 0 unspecified atom stereocenters. The van der Waals surface area contributed by atoms with Crippen LogP contribution >= 0.6 is 11.8 Å². The molecule has 0 radical (unpaired) electrons. The average Bonchev–Trinajstić information content (AvgIpc) is 3.36. The first-order chi connectivity index (χ1) is 17.6. The van der Waals surface area contributed by atoms with Crippen molar-refractivity contribution < 1.29 is 19.0 Å². The molecule has 1 amide bonds. The van der Waals surface area contributed by atoms with Gasteiger partial charge in [0.15, 0.2) is 5.16 Å². The molecule has 0 aliphatic carbocycles. The highest BCUT2D eigenvalue weighted by Gasteiger charge is 2.16. The molecule has 36 heavy (non-hydrogen) atoms. The highest BCUT2D eigenvalue weighted by Crippen LogP contribution is 2.34. The summed E-state index contributed by atoms with van der Waals surface area (Å²) in [6, 6.07) is 22.8. The van der Waals surface area contributed by atoms with Crippen LogP contribution in [0.5, 0.6) is 17.2 Å². The van der Waals surface area contributed by atoms with Gasteiger partial charge in [-0.1, -0.05) is 11.8 Å². The molecule has 2 N–H and O–H groups in total. The van der Waals surface area contributed by atoms with Gasteiger partial charge in [0.05, 0.1) is 44.7 Å². The predicted molar refractivity (Wildman–Crippen MR) is 142 cm³/mol. The van der Waals surface area contributed by atoms with E-state index >= 15 is 0 Å². The zero-order chi connectivity index (χ0) is 25.3. The largest absolute Gasteiger partial charge is 0.497 e. The lowest BCUT2D eigenvalue weighted by atomic mass is 10.0. The van der Waals surface area contributed by atoms with Gasteiger partial charge in [0.1, 0.15) is 17.2 Å². The van der Waals surface area contributed by atoms with E-state index in [9.17, 15) is 4.79 Å². The summed E-state index contributed by atoms with van der Waals surface area (Å²) >= 11 is 1.30. The first-order valence-electron chi connectivity index (χ1n) is 11.1. The van der Waals surface area contributed by atoms with Crippen molar-refractivity contribution >= 4 is 23.9 Å². The Bertz CT molecular complexity index is 1250. The van der Waals surface area contributed by atoms with Crippen LogP contribution in [0, 0.1) is 0 Å². The van der Waals surface area contributed by atoms with Gasteiger partial charge in [0, 0.05) is 11.1 Å². The number of rotatable bonds is 10. The van der Waals surface area contributed by atoms with E-state index in [0.717, 1.165) is 45.3 Å². The van der Waals surface area contributed by atoms with Crippen LogP contribution in [0.15, 0.2) is 83.1 Å². The van der Waals surface area contributed by atoms with E-state index in [-0.39, 0.29) is 11.7 Å². The molecule has 1 aromatic heterocycles. The number of ether oxygens (including phenoxy) is 3. The Balaban J connectivity index is 1.47. The molecule has 4 rings (SSSR count).